The lowest BCUT2D eigenvalue weighted by Gasteiger charge is -2.32. The summed E-state index contributed by atoms with van der Waals surface area (Å²) in [6.07, 6.45) is 0.109. The van der Waals surface area contributed by atoms with Gasteiger partial charge in [-0.3, -0.25) is 0 Å². The monoisotopic (exact) mass is 307 g/mol. The van der Waals surface area contributed by atoms with Crippen molar-refractivity contribution in [3.05, 3.63) is 35.9 Å². The fourth-order valence-electron chi connectivity index (χ4n) is 2.39. The van der Waals surface area contributed by atoms with Crippen molar-refractivity contribution < 1.29 is 19.4 Å². The molecule has 1 unspecified atom stereocenters. The minimum atomic E-state index is -0.994. The standard InChI is InChI=1S/C17H25NO4/c1-16(2,3)22-15(19)18(11-14-7-5-4-6-8-14)12-17(20)9-10-21-13-17/h4-8,20H,9-13H2,1-3H3. The van der Waals surface area contributed by atoms with Gasteiger partial charge in [-0.25, -0.2) is 4.79 Å². The molecule has 0 bridgehead atoms. The third kappa shape index (κ3) is 5.00. The van der Waals surface area contributed by atoms with E-state index in [4.69, 9.17) is 9.47 Å². The molecule has 1 saturated heterocycles. The van der Waals surface area contributed by atoms with Crippen LogP contribution in [-0.4, -0.2) is 47.1 Å². The highest BCUT2D eigenvalue weighted by atomic mass is 16.6. The molecule has 1 aliphatic heterocycles. The number of hydrogen-bond donors (Lipinski definition) is 1. The summed E-state index contributed by atoms with van der Waals surface area (Å²) in [6, 6.07) is 9.69. The first kappa shape index (κ1) is 16.8. The average molecular weight is 307 g/mol. The fourth-order valence-corrected chi connectivity index (χ4v) is 2.39. The third-order valence-corrected chi connectivity index (χ3v) is 3.44. The first-order valence-electron chi connectivity index (χ1n) is 7.59. The summed E-state index contributed by atoms with van der Waals surface area (Å²) in [7, 11) is 0. The molecule has 1 amide bonds. The van der Waals surface area contributed by atoms with E-state index in [0.717, 1.165) is 5.56 Å². The molecule has 1 aliphatic rings. The number of carbonyl (C=O) groups excluding carboxylic acids is 1. The summed E-state index contributed by atoms with van der Waals surface area (Å²) in [5.41, 5.74) is -0.567. The molecule has 0 aromatic heterocycles. The number of benzene rings is 1. The average Bonchev–Trinajstić information content (AvgIpc) is 2.84. The van der Waals surface area contributed by atoms with E-state index in [1.165, 1.54) is 0 Å². The quantitative estimate of drug-likeness (QED) is 0.929. The molecule has 1 atom stereocenters. The highest BCUT2D eigenvalue weighted by Gasteiger charge is 2.36. The van der Waals surface area contributed by atoms with Crippen LogP contribution in [0.25, 0.3) is 0 Å². The summed E-state index contributed by atoms with van der Waals surface area (Å²) in [5.74, 6) is 0. The Labute approximate surface area is 131 Å². The van der Waals surface area contributed by atoms with E-state index in [2.05, 4.69) is 0 Å². The molecule has 22 heavy (non-hydrogen) atoms. The van der Waals surface area contributed by atoms with Crippen LogP contribution >= 0.6 is 0 Å². The summed E-state index contributed by atoms with van der Waals surface area (Å²) in [6.45, 7) is 6.87. The topological polar surface area (TPSA) is 59.0 Å². The number of ether oxygens (including phenoxy) is 2. The van der Waals surface area contributed by atoms with Crippen molar-refractivity contribution in [2.75, 3.05) is 19.8 Å². The lowest BCUT2D eigenvalue weighted by Crippen LogP contribution is -2.47. The summed E-state index contributed by atoms with van der Waals surface area (Å²) in [5, 5.41) is 10.5. The van der Waals surface area contributed by atoms with Gasteiger partial charge in [-0.2, -0.15) is 0 Å². The van der Waals surface area contributed by atoms with Gasteiger partial charge in [0, 0.05) is 19.6 Å². The van der Waals surface area contributed by atoms with E-state index in [-0.39, 0.29) is 13.2 Å². The molecule has 5 nitrogen and oxygen atoms in total. The first-order valence-corrected chi connectivity index (χ1v) is 7.59. The third-order valence-electron chi connectivity index (χ3n) is 3.44. The number of hydrogen-bond acceptors (Lipinski definition) is 4. The molecule has 5 heteroatoms. The molecule has 1 aromatic rings. The Morgan fingerprint density at radius 1 is 1.36 bits per heavy atom. The highest BCUT2D eigenvalue weighted by molar-refractivity contribution is 5.68. The molecule has 1 N–H and O–H groups in total. The number of amides is 1. The fraction of sp³-hybridized carbons (Fsp3) is 0.588. The summed E-state index contributed by atoms with van der Waals surface area (Å²) in [4.78, 5) is 14.0. The molecule has 1 heterocycles. The predicted octanol–water partition coefficient (Wildman–Crippen LogP) is 2.58. The molecule has 0 radical (unpaired) electrons. The van der Waals surface area contributed by atoms with E-state index < -0.39 is 17.3 Å². The Bertz CT molecular complexity index is 489. The smallest absolute Gasteiger partial charge is 0.410 e. The first-order chi connectivity index (χ1) is 10.3. The van der Waals surface area contributed by atoms with Crippen molar-refractivity contribution >= 4 is 6.09 Å². The van der Waals surface area contributed by atoms with Gasteiger partial charge in [0.1, 0.15) is 11.2 Å². The SMILES string of the molecule is CC(C)(C)OC(=O)N(Cc1ccccc1)CC1(O)CCOC1. The van der Waals surface area contributed by atoms with Crippen LogP contribution < -0.4 is 0 Å². The molecule has 1 fully saturated rings. The zero-order chi connectivity index (χ0) is 16.2. The van der Waals surface area contributed by atoms with E-state index in [1.807, 2.05) is 51.1 Å². The Morgan fingerprint density at radius 2 is 2.05 bits per heavy atom. The van der Waals surface area contributed by atoms with Crippen molar-refractivity contribution in [1.82, 2.24) is 4.90 Å². The van der Waals surface area contributed by atoms with Crippen LogP contribution in [0.3, 0.4) is 0 Å². The van der Waals surface area contributed by atoms with Gasteiger partial charge >= 0.3 is 6.09 Å². The van der Waals surface area contributed by atoms with E-state index in [9.17, 15) is 9.90 Å². The van der Waals surface area contributed by atoms with Crippen LogP contribution in [0.15, 0.2) is 30.3 Å². The Balaban J connectivity index is 2.11. The Morgan fingerprint density at radius 3 is 2.59 bits per heavy atom. The summed E-state index contributed by atoms with van der Waals surface area (Å²) < 4.78 is 10.7. The maximum absolute atomic E-state index is 12.4. The highest BCUT2D eigenvalue weighted by Crippen LogP contribution is 2.22. The largest absolute Gasteiger partial charge is 0.444 e. The second-order valence-electron chi connectivity index (χ2n) is 6.85. The molecule has 1 aromatic carbocycles. The van der Waals surface area contributed by atoms with Gasteiger partial charge in [0.25, 0.3) is 0 Å². The van der Waals surface area contributed by atoms with Crippen LogP contribution in [0.1, 0.15) is 32.8 Å². The molecular weight excluding hydrogens is 282 g/mol. The van der Waals surface area contributed by atoms with Crippen molar-refractivity contribution in [2.24, 2.45) is 0 Å². The lowest BCUT2D eigenvalue weighted by molar-refractivity contribution is -0.0237. The van der Waals surface area contributed by atoms with Gasteiger partial charge in [-0.15, -0.1) is 0 Å². The molecule has 0 saturated carbocycles. The zero-order valence-corrected chi connectivity index (χ0v) is 13.5. The molecule has 0 spiro atoms. The molecule has 2 rings (SSSR count). The lowest BCUT2D eigenvalue weighted by atomic mass is 10.0. The summed E-state index contributed by atoms with van der Waals surface area (Å²) >= 11 is 0. The van der Waals surface area contributed by atoms with Gasteiger partial charge in [0.05, 0.1) is 13.2 Å². The molecular formula is C17H25NO4. The van der Waals surface area contributed by atoms with Gasteiger partial charge in [0.15, 0.2) is 0 Å². The maximum atomic E-state index is 12.4. The minimum Gasteiger partial charge on any atom is -0.444 e. The number of aliphatic hydroxyl groups is 1. The van der Waals surface area contributed by atoms with Crippen LogP contribution in [-0.2, 0) is 16.0 Å². The van der Waals surface area contributed by atoms with Gasteiger partial charge in [0.2, 0.25) is 0 Å². The number of nitrogens with zero attached hydrogens (tertiary/aromatic N) is 1. The maximum Gasteiger partial charge on any atom is 0.410 e. The van der Waals surface area contributed by atoms with Gasteiger partial charge < -0.3 is 19.5 Å². The van der Waals surface area contributed by atoms with E-state index in [0.29, 0.717) is 19.6 Å². The van der Waals surface area contributed by atoms with Crippen LogP contribution in [0.5, 0.6) is 0 Å². The predicted molar refractivity (Wildman–Crippen MR) is 83.5 cm³/mol. The van der Waals surface area contributed by atoms with Crippen molar-refractivity contribution in [2.45, 2.75) is 44.9 Å². The molecule has 0 aliphatic carbocycles. The zero-order valence-electron chi connectivity index (χ0n) is 13.5. The van der Waals surface area contributed by atoms with Crippen molar-refractivity contribution in [3.8, 4) is 0 Å². The minimum absolute atomic E-state index is 0.205. The van der Waals surface area contributed by atoms with Crippen LogP contribution in [0.2, 0.25) is 0 Å². The van der Waals surface area contributed by atoms with Gasteiger partial charge in [-0.1, -0.05) is 30.3 Å². The van der Waals surface area contributed by atoms with Crippen LogP contribution in [0.4, 0.5) is 4.79 Å². The molecule has 122 valence electrons. The number of carbonyl (C=O) groups is 1. The van der Waals surface area contributed by atoms with Crippen molar-refractivity contribution in [3.63, 3.8) is 0 Å². The second kappa shape index (κ2) is 6.67. The Hall–Kier alpha value is -1.59. The van der Waals surface area contributed by atoms with E-state index in [1.54, 1.807) is 4.90 Å². The number of rotatable bonds is 4. The van der Waals surface area contributed by atoms with Crippen molar-refractivity contribution in [1.29, 1.82) is 0 Å². The Kier molecular flexibility index (Phi) is 5.08. The van der Waals surface area contributed by atoms with Gasteiger partial charge in [-0.05, 0) is 26.3 Å². The van der Waals surface area contributed by atoms with E-state index >= 15 is 0 Å². The second-order valence-corrected chi connectivity index (χ2v) is 6.85. The normalized spacial score (nSPS) is 21.6. The van der Waals surface area contributed by atoms with Crippen LogP contribution in [0, 0.1) is 0 Å².